The van der Waals surface area contributed by atoms with E-state index in [-0.39, 0.29) is 0 Å². The van der Waals surface area contributed by atoms with Gasteiger partial charge in [0.2, 0.25) is 0 Å². The van der Waals surface area contributed by atoms with Gasteiger partial charge in [0.25, 0.3) is 0 Å². The summed E-state index contributed by atoms with van der Waals surface area (Å²) in [4.78, 5) is 4.18. The van der Waals surface area contributed by atoms with E-state index < -0.39 is 0 Å². The van der Waals surface area contributed by atoms with Gasteiger partial charge in [0, 0.05) is 25.0 Å². The van der Waals surface area contributed by atoms with Crippen LogP contribution in [0.25, 0.3) is 0 Å². The minimum Gasteiger partial charge on any atom is -0.314 e. The molecule has 0 bridgehead atoms. The van der Waals surface area contributed by atoms with Crippen molar-refractivity contribution in [2.75, 3.05) is 13.1 Å². The molecule has 1 aliphatic carbocycles. The predicted molar refractivity (Wildman–Crippen MR) is 74.9 cm³/mol. The molecule has 3 N–H and O–H groups in total. The van der Waals surface area contributed by atoms with Crippen molar-refractivity contribution in [2.24, 2.45) is 5.92 Å². The Kier molecular flexibility index (Phi) is 4.45. The Hall–Kier alpha value is -0.940. The zero-order valence-electron chi connectivity index (χ0n) is 11.6. The fraction of sp³-hybridized carbons (Fsp3) is 0.857. The third-order valence-electron chi connectivity index (χ3n) is 4.67. The van der Waals surface area contributed by atoms with Crippen LogP contribution in [0.2, 0.25) is 0 Å². The van der Waals surface area contributed by atoms with Crippen molar-refractivity contribution in [3.8, 4) is 0 Å². The number of hydrogen-bond donors (Lipinski definition) is 3. The molecule has 0 aromatic carbocycles. The van der Waals surface area contributed by atoms with E-state index in [9.17, 15) is 0 Å². The summed E-state index contributed by atoms with van der Waals surface area (Å²) in [7, 11) is 0. The second-order valence-electron chi connectivity index (χ2n) is 5.89. The first kappa shape index (κ1) is 13.1. The molecule has 3 rings (SSSR count). The lowest BCUT2D eigenvalue weighted by molar-refractivity contribution is 0.215. The molecule has 0 spiro atoms. The minimum atomic E-state index is 0.687. The van der Waals surface area contributed by atoms with E-state index in [1.54, 1.807) is 6.33 Å². The van der Waals surface area contributed by atoms with Gasteiger partial charge in [-0.3, -0.25) is 5.10 Å². The molecule has 106 valence electrons. The lowest BCUT2D eigenvalue weighted by atomic mass is 9.79. The molecule has 0 radical (unpaired) electrons. The Labute approximate surface area is 115 Å². The summed E-state index contributed by atoms with van der Waals surface area (Å²) in [5.41, 5.74) is 0. The quantitative estimate of drug-likeness (QED) is 0.748. The van der Waals surface area contributed by atoms with Crippen LogP contribution in [0.4, 0.5) is 0 Å². The topological polar surface area (TPSA) is 65.6 Å². The van der Waals surface area contributed by atoms with Crippen LogP contribution in [0.1, 0.15) is 44.3 Å². The maximum absolute atomic E-state index is 4.18. The molecule has 1 aromatic heterocycles. The second kappa shape index (κ2) is 6.48. The third kappa shape index (κ3) is 3.34. The van der Waals surface area contributed by atoms with Crippen molar-refractivity contribution in [1.82, 2.24) is 25.8 Å². The van der Waals surface area contributed by atoms with Gasteiger partial charge < -0.3 is 10.6 Å². The van der Waals surface area contributed by atoms with Crippen LogP contribution >= 0.6 is 0 Å². The molecule has 1 saturated heterocycles. The van der Waals surface area contributed by atoms with Crippen LogP contribution in [0.5, 0.6) is 0 Å². The van der Waals surface area contributed by atoms with Gasteiger partial charge in [-0.05, 0) is 38.1 Å². The fourth-order valence-corrected chi connectivity index (χ4v) is 3.70. The van der Waals surface area contributed by atoms with Gasteiger partial charge in [0.05, 0.1) is 0 Å². The number of nitrogens with one attached hydrogen (secondary N) is 3. The standard InChI is InChI=1S/C14H25N5/c1-2-5-12(11(4-1)13-6-3-8-15-13)16-9-7-14-17-10-18-19-14/h10-13,15-16H,1-9H2,(H,17,18,19). The first-order valence-electron chi connectivity index (χ1n) is 7.74. The smallest absolute Gasteiger partial charge is 0.137 e. The summed E-state index contributed by atoms with van der Waals surface area (Å²) < 4.78 is 0. The first-order valence-corrected chi connectivity index (χ1v) is 7.74. The largest absolute Gasteiger partial charge is 0.314 e. The monoisotopic (exact) mass is 263 g/mol. The van der Waals surface area contributed by atoms with Gasteiger partial charge in [-0.1, -0.05) is 12.8 Å². The number of aromatic amines is 1. The van der Waals surface area contributed by atoms with Gasteiger partial charge in [0.1, 0.15) is 12.2 Å². The fourth-order valence-electron chi connectivity index (χ4n) is 3.70. The van der Waals surface area contributed by atoms with Crippen LogP contribution < -0.4 is 10.6 Å². The zero-order chi connectivity index (χ0) is 12.9. The van der Waals surface area contributed by atoms with Gasteiger partial charge in [-0.25, -0.2) is 4.98 Å². The molecular weight excluding hydrogens is 238 g/mol. The van der Waals surface area contributed by atoms with E-state index in [1.165, 1.54) is 45.1 Å². The summed E-state index contributed by atoms with van der Waals surface area (Å²) in [6.07, 6.45) is 10.8. The maximum Gasteiger partial charge on any atom is 0.137 e. The number of hydrogen-bond acceptors (Lipinski definition) is 4. The Morgan fingerprint density at radius 2 is 2.16 bits per heavy atom. The number of H-pyrrole nitrogens is 1. The predicted octanol–water partition coefficient (Wildman–Crippen LogP) is 1.25. The SMILES string of the molecule is c1n[nH]c(CCNC2CCCCC2C2CCCN2)n1. The molecule has 2 heterocycles. The minimum absolute atomic E-state index is 0.687. The van der Waals surface area contributed by atoms with Gasteiger partial charge in [-0.15, -0.1) is 0 Å². The van der Waals surface area contributed by atoms with Crippen LogP contribution in [0.3, 0.4) is 0 Å². The van der Waals surface area contributed by atoms with Crippen molar-refractivity contribution in [3.05, 3.63) is 12.2 Å². The molecule has 1 aromatic rings. The lowest BCUT2D eigenvalue weighted by Gasteiger charge is -2.36. The average molecular weight is 263 g/mol. The van der Waals surface area contributed by atoms with E-state index in [0.29, 0.717) is 6.04 Å². The molecule has 1 aliphatic heterocycles. The van der Waals surface area contributed by atoms with E-state index in [1.807, 2.05) is 0 Å². The average Bonchev–Trinajstić information content (AvgIpc) is 3.12. The summed E-state index contributed by atoms with van der Waals surface area (Å²) >= 11 is 0. The Balaban J connectivity index is 1.49. The molecule has 2 fully saturated rings. The van der Waals surface area contributed by atoms with E-state index in [4.69, 9.17) is 0 Å². The summed E-state index contributed by atoms with van der Waals surface area (Å²) in [6, 6.07) is 1.44. The van der Waals surface area contributed by atoms with Gasteiger partial charge >= 0.3 is 0 Å². The van der Waals surface area contributed by atoms with Crippen molar-refractivity contribution in [3.63, 3.8) is 0 Å². The molecule has 5 heteroatoms. The summed E-state index contributed by atoms with van der Waals surface area (Å²) in [5, 5.41) is 14.3. The molecule has 19 heavy (non-hydrogen) atoms. The highest BCUT2D eigenvalue weighted by Gasteiger charge is 2.32. The molecular formula is C14H25N5. The van der Waals surface area contributed by atoms with Crippen molar-refractivity contribution >= 4 is 0 Å². The third-order valence-corrected chi connectivity index (χ3v) is 4.67. The van der Waals surface area contributed by atoms with Crippen molar-refractivity contribution in [1.29, 1.82) is 0 Å². The van der Waals surface area contributed by atoms with E-state index in [0.717, 1.165) is 30.7 Å². The Morgan fingerprint density at radius 3 is 2.95 bits per heavy atom. The molecule has 1 saturated carbocycles. The van der Waals surface area contributed by atoms with Gasteiger partial charge in [-0.2, -0.15) is 5.10 Å². The molecule has 2 aliphatic rings. The van der Waals surface area contributed by atoms with Crippen LogP contribution in [0.15, 0.2) is 6.33 Å². The van der Waals surface area contributed by atoms with E-state index >= 15 is 0 Å². The highest BCUT2D eigenvalue weighted by molar-refractivity contribution is 4.92. The Morgan fingerprint density at radius 1 is 1.21 bits per heavy atom. The zero-order valence-corrected chi connectivity index (χ0v) is 11.6. The number of nitrogens with zero attached hydrogens (tertiary/aromatic N) is 2. The molecule has 5 nitrogen and oxygen atoms in total. The van der Waals surface area contributed by atoms with Crippen molar-refractivity contribution < 1.29 is 0 Å². The maximum atomic E-state index is 4.18. The summed E-state index contributed by atoms with van der Waals surface area (Å²) in [6.45, 7) is 2.22. The molecule has 3 atom stereocenters. The van der Waals surface area contributed by atoms with Crippen LogP contribution in [-0.2, 0) is 6.42 Å². The second-order valence-corrected chi connectivity index (χ2v) is 5.89. The Bertz CT molecular complexity index is 358. The highest BCUT2D eigenvalue weighted by atomic mass is 15.2. The van der Waals surface area contributed by atoms with Crippen LogP contribution in [-0.4, -0.2) is 40.4 Å². The summed E-state index contributed by atoms with van der Waals surface area (Å²) in [5.74, 6) is 1.81. The highest BCUT2D eigenvalue weighted by Crippen LogP contribution is 2.30. The molecule has 3 unspecified atom stereocenters. The van der Waals surface area contributed by atoms with E-state index in [2.05, 4.69) is 25.8 Å². The lowest BCUT2D eigenvalue weighted by Crippen LogP contribution is -2.47. The molecule has 0 amide bonds. The number of aromatic nitrogens is 3. The first-order chi connectivity index (χ1) is 9.43. The van der Waals surface area contributed by atoms with Gasteiger partial charge in [0.15, 0.2) is 0 Å². The van der Waals surface area contributed by atoms with Crippen LogP contribution in [0, 0.1) is 5.92 Å². The normalized spacial score (nSPS) is 31.7. The van der Waals surface area contributed by atoms with Crippen molar-refractivity contribution in [2.45, 2.75) is 57.0 Å². The number of rotatable bonds is 5.